The fourth-order valence-corrected chi connectivity index (χ4v) is 4.58. The van der Waals surface area contributed by atoms with Crippen molar-refractivity contribution in [3.63, 3.8) is 0 Å². The summed E-state index contributed by atoms with van der Waals surface area (Å²) in [6.07, 6.45) is 0.195. The molecule has 0 spiro atoms. The molecule has 13 heteroatoms. The van der Waals surface area contributed by atoms with Crippen LogP contribution in [0.15, 0.2) is 36.5 Å². The van der Waals surface area contributed by atoms with Gasteiger partial charge in [-0.1, -0.05) is 0 Å². The molecule has 2 unspecified atom stereocenters. The highest BCUT2D eigenvalue weighted by Crippen LogP contribution is 2.30. The largest absolute Gasteiger partial charge is 0.467 e. The number of nitrogens with one attached hydrogen (secondary N) is 1. The monoisotopic (exact) mass is 542 g/mol. The third-order valence-corrected chi connectivity index (χ3v) is 7.05. The number of hydrogen-bond acceptors (Lipinski definition) is 9. The minimum Gasteiger partial charge on any atom is -0.467 e. The molecule has 2 fully saturated rings. The van der Waals surface area contributed by atoms with E-state index in [1.807, 2.05) is 4.90 Å². The van der Waals surface area contributed by atoms with E-state index in [2.05, 4.69) is 15.0 Å². The van der Waals surface area contributed by atoms with Crippen molar-refractivity contribution >= 4 is 35.4 Å². The zero-order valence-electron chi connectivity index (χ0n) is 21.9. The van der Waals surface area contributed by atoms with Gasteiger partial charge in [-0.05, 0) is 44.3 Å². The van der Waals surface area contributed by atoms with Crippen LogP contribution in [-0.4, -0.2) is 92.8 Å². The van der Waals surface area contributed by atoms with Gasteiger partial charge in [0.05, 0.1) is 25.3 Å². The van der Waals surface area contributed by atoms with Gasteiger partial charge in [0, 0.05) is 43.5 Å². The molecule has 0 bridgehead atoms. The van der Waals surface area contributed by atoms with Crippen LogP contribution >= 0.6 is 0 Å². The Morgan fingerprint density at radius 3 is 2.46 bits per heavy atom. The molecule has 0 radical (unpaired) electrons. The van der Waals surface area contributed by atoms with E-state index in [1.165, 1.54) is 25.1 Å². The summed E-state index contributed by atoms with van der Waals surface area (Å²) in [4.78, 5) is 57.6. The molecule has 3 N–H and O–H groups in total. The number of pyridine rings is 1. The number of hydrogen-bond donors (Lipinski definition) is 2. The van der Waals surface area contributed by atoms with Crippen molar-refractivity contribution in [1.29, 1.82) is 0 Å². The highest BCUT2D eigenvalue weighted by molar-refractivity contribution is 6.02. The van der Waals surface area contributed by atoms with Crippen molar-refractivity contribution in [2.24, 2.45) is 11.7 Å². The average Bonchev–Trinajstić information content (AvgIpc) is 3.34. The summed E-state index contributed by atoms with van der Waals surface area (Å²) in [5, 5.41) is 2.69. The molecule has 1 aromatic heterocycles. The molecule has 0 aliphatic carbocycles. The first-order chi connectivity index (χ1) is 18.6. The summed E-state index contributed by atoms with van der Waals surface area (Å²) in [6, 6.07) is 6.89. The van der Waals surface area contributed by atoms with Crippen LogP contribution in [0, 0.1) is 11.7 Å². The van der Waals surface area contributed by atoms with Gasteiger partial charge in [0.1, 0.15) is 17.7 Å². The van der Waals surface area contributed by atoms with E-state index in [0.717, 1.165) is 0 Å². The Morgan fingerprint density at radius 1 is 1.18 bits per heavy atom. The maximum absolute atomic E-state index is 15.1. The number of cyclic esters (lactones) is 1. The molecule has 208 valence electrons. The van der Waals surface area contributed by atoms with E-state index < -0.39 is 41.9 Å². The molecule has 3 heterocycles. The lowest BCUT2D eigenvalue weighted by molar-refractivity contribution is -0.150. The van der Waals surface area contributed by atoms with Crippen molar-refractivity contribution in [1.82, 2.24) is 15.2 Å². The van der Waals surface area contributed by atoms with E-state index in [4.69, 9.17) is 10.5 Å². The second-order valence-electron chi connectivity index (χ2n) is 9.35. The number of rotatable bonds is 8. The summed E-state index contributed by atoms with van der Waals surface area (Å²) in [6.45, 7) is 3.51. The molecule has 1 aromatic carbocycles. The molecule has 2 aromatic rings. The zero-order chi connectivity index (χ0) is 28.3. The van der Waals surface area contributed by atoms with Crippen LogP contribution in [0.1, 0.15) is 6.92 Å². The lowest BCUT2D eigenvalue weighted by Crippen LogP contribution is -2.56. The van der Waals surface area contributed by atoms with Crippen molar-refractivity contribution in [2.75, 3.05) is 56.7 Å². The van der Waals surface area contributed by atoms with Gasteiger partial charge < -0.3 is 25.0 Å². The minimum atomic E-state index is -1.04. The maximum atomic E-state index is 15.1. The quantitative estimate of drug-likeness (QED) is 0.364. The highest BCUT2D eigenvalue weighted by atomic mass is 19.1. The standard InChI is InChI=1S/C26H31FN6O6/c1-15(23(28)34)20-14-33(26(37)39-20)17-5-6-18(19(27)12-17)16-4-7-21(30-13-16)31-8-10-32(11-9-31)24(35)22(29-2)25(36)38-3/h4-7,12-13,15,20,22,29H,8-11,14H2,1-3H3,(H2,28,34)/t15-,20?,22?/m0/s1. The summed E-state index contributed by atoms with van der Waals surface area (Å²) in [5.74, 6) is -2.09. The number of piperazine rings is 1. The van der Waals surface area contributed by atoms with Crippen LogP contribution in [0.25, 0.3) is 11.1 Å². The number of ether oxygens (including phenoxy) is 2. The van der Waals surface area contributed by atoms with Crippen LogP contribution in [0.4, 0.5) is 20.7 Å². The van der Waals surface area contributed by atoms with Crippen molar-refractivity contribution in [2.45, 2.75) is 19.1 Å². The van der Waals surface area contributed by atoms with Crippen LogP contribution in [0.5, 0.6) is 0 Å². The lowest BCUT2D eigenvalue weighted by atomic mass is 10.0. The number of anilines is 2. The predicted molar refractivity (Wildman–Crippen MR) is 139 cm³/mol. The van der Waals surface area contributed by atoms with Gasteiger partial charge >= 0.3 is 12.1 Å². The molecule has 12 nitrogen and oxygen atoms in total. The molecule has 2 saturated heterocycles. The van der Waals surface area contributed by atoms with E-state index in [-0.39, 0.29) is 12.5 Å². The molecule has 3 amide bonds. The van der Waals surface area contributed by atoms with E-state index in [9.17, 15) is 19.2 Å². The van der Waals surface area contributed by atoms with E-state index in [0.29, 0.717) is 48.8 Å². The number of aromatic nitrogens is 1. The molecule has 0 saturated carbocycles. The van der Waals surface area contributed by atoms with Crippen molar-refractivity contribution < 1.29 is 33.0 Å². The smallest absolute Gasteiger partial charge is 0.414 e. The van der Waals surface area contributed by atoms with Crippen LogP contribution < -0.4 is 20.9 Å². The third kappa shape index (κ3) is 5.77. The molecular formula is C26H31FN6O6. The molecule has 39 heavy (non-hydrogen) atoms. The number of halogens is 1. The number of benzene rings is 1. The first kappa shape index (κ1) is 27.8. The van der Waals surface area contributed by atoms with Gasteiger partial charge in [-0.3, -0.25) is 19.8 Å². The van der Waals surface area contributed by atoms with Gasteiger partial charge in [0.15, 0.2) is 6.04 Å². The van der Waals surface area contributed by atoms with Gasteiger partial charge in [-0.15, -0.1) is 0 Å². The van der Waals surface area contributed by atoms with Crippen LogP contribution in [-0.2, 0) is 23.9 Å². The number of methoxy groups -OCH3 is 1. The molecular weight excluding hydrogens is 511 g/mol. The number of likely N-dealkylation sites (N-methyl/N-ethyl adjacent to an activating group) is 1. The minimum absolute atomic E-state index is 0.0924. The molecule has 4 rings (SSSR count). The first-order valence-corrected chi connectivity index (χ1v) is 12.5. The highest BCUT2D eigenvalue weighted by Gasteiger charge is 2.38. The second kappa shape index (κ2) is 11.6. The van der Waals surface area contributed by atoms with Gasteiger partial charge in [0.25, 0.3) is 5.91 Å². The Balaban J connectivity index is 1.39. The number of carbonyl (C=O) groups is 4. The van der Waals surface area contributed by atoms with E-state index in [1.54, 1.807) is 42.3 Å². The summed E-state index contributed by atoms with van der Waals surface area (Å²) < 4.78 is 25.0. The zero-order valence-corrected chi connectivity index (χ0v) is 21.9. The molecule has 2 aliphatic heterocycles. The Bertz CT molecular complexity index is 1250. The van der Waals surface area contributed by atoms with E-state index >= 15 is 4.39 Å². The number of esters is 1. The van der Waals surface area contributed by atoms with Crippen molar-refractivity contribution in [3.8, 4) is 11.1 Å². The second-order valence-corrected chi connectivity index (χ2v) is 9.35. The van der Waals surface area contributed by atoms with Gasteiger partial charge in [-0.25, -0.2) is 19.0 Å². The average molecular weight is 543 g/mol. The topological polar surface area (TPSA) is 147 Å². The van der Waals surface area contributed by atoms with Crippen LogP contribution in [0.3, 0.4) is 0 Å². The SMILES string of the molecule is CNC(C(=O)OC)C(=O)N1CCN(c2ccc(-c3ccc(N4CC([C@H](C)C(N)=O)OC4=O)cc3F)cn2)CC1. The molecule has 3 atom stereocenters. The summed E-state index contributed by atoms with van der Waals surface area (Å²) in [7, 11) is 2.76. The molecule has 2 aliphatic rings. The number of nitrogens with two attached hydrogens (primary N) is 1. The normalized spacial score (nSPS) is 18.9. The summed E-state index contributed by atoms with van der Waals surface area (Å²) in [5.41, 5.74) is 6.48. The fourth-order valence-electron chi connectivity index (χ4n) is 4.58. The Morgan fingerprint density at radius 2 is 1.90 bits per heavy atom. The third-order valence-electron chi connectivity index (χ3n) is 7.05. The number of amides is 3. The maximum Gasteiger partial charge on any atom is 0.414 e. The Kier molecular flexibility index (Phi) is 8.29. The summed E-state index contributed by atoms with van der Waals surface area (Å²) >= 11 is 0. The lowest BCUT2D eigenvalue weighted by Gasteiger charge is -2.36. The Hall–Kier alpha value is -4.26. The van der Waals surface area contributed by atoms with Gasteiger partial charge in [0.2, 0.25) is 5.91 Å². The predicted octanol–water partition coefficient (Wildman–Crippen LogP) is 0.744. The number of primary amides is 1. The number of carbonyl (C=O) groups excluding carboxylic acids is 4. The Labute approximate surface area is 224 Å². The van der Waals surface area contributed by atoms with Crippen LogP contribution in [0.2, 0.25) is 0 Å². The van der Waals surface area contributed by atoms with Gasteiger partial charge in [-0.2, -0.15) is 0 Å². The fraction of sp³-hybridized carbons (Fsp3) is 0.423. The number of nitrogens with zero attached hydrogens (tertiary/aromatic N) is 4. The first-order valence-electron chi connectivity index (χ1n) is 12.5. The van der Waals surface area contributed by atoms with Crippen molar-refractivity contribution in [3.05, 3.63) is 42.3 Å².